The van der Waals surface area contributed by atoms with Crippen molar-refractivity contribution in [2.45, 2.75) is 87.7 Å². The molecule has 43 heavy (non-hydrogen) atoms. The Morgan fingerprint density at radius 2 is 1.65 bits per heavy atom. The molecule has 3 aliphatic carbocycles. The van der Waals surface area contributed by atoms with Crippen LogP contribution in [-0.2, 0) is 19.1 Å². The van der Waals surface area contributed by atoms with Crippen molar-refractivity contribution < 1.29 is 39.2 Å². The molecule has 0 heterocycles. The second-order valence-corrected chi connectivity index (χ2v) is 14.6. The lowest BCUT2D eigenvalue weighted by Crippen LogP contribution is -2.74. The molecule has 9 nitrogen and oxygen atoms in total. The topological polar surface area (TPSA) is 150 Å². The lowest BCUT2D eigenvalue weighted by atomic mass is 9.37. The molecule has 1 aromatic carbocycles. The lowest BCUT2D eigenvalue weighted by Gasteiger charge is -2.65. The van der Waals surface area contributed by atoms with Crippen molar-refractivity contribution in [1.29, 1.82) is 0 Å². The fourth-order valence-corrected chi connectivity index (χ4v) is 8.41. The van der Waals surface area contributed by atoms with Crippen molar-refractivity contribution in [2.24, 2.45) is 34.0 Å². The van der Waals surface area contributed by atoms with Gasteiger partial charge in [-0.05, 0) is 54.6 Å². The van der Waals surface area contributed by atoms with E-state index in [0.29, 0.717) is 11.1 Å². The Bertz CT molecular complexity index is 1510. The number of nitrogens with one attached hydrogen (secondary N) is 1. The summed E-state index contributed by atoms with van der Waals surface area (Å²) in [7, 11) is 0. The minimum Gasteiger partial charge on any atom is -0.507 e. The number of aliphatic hydroxyl groups excluding tert-OH is 1. The molecule has 0 aromatic heterocycles. The molecule has 0 radical (unpaired) electrons. The van der Waals surface area contributed by atoms with Gasteiger partial charge in [-0.3, -0.25) is 19.7 Å². The normalized spacial score (nSPS) is 32.3. The number of carbonyl (C=O) groups excluding carboxylic acids is 4. The van der Waals surface area contributed by atoms with E-state index in [2.05, 4.69) is 5.32 Å². The zero-order valence-corrected chi connectivity index (χ0v) is 27.1. The summed E-state index contributed by atoms with van der Waals surface area (Å²) in [6.07, 6.45) is -0.801. The second-order valence-electron chi connectivity index (χ2n) is 14.6. The van der Waals surface area contributed by atoms with Gasteiger partial charge in [-0.25, -0.2) is 4.79 Å². The minimum atomic E-state index is -2.63. The van der Waals surface area contributed by atoms with Gasteiger partial charge in [-0.2, -0.15) is 0 Å². The van der Waals surface area contributed by atoms with E-state index in [1.165, 1.54) is 13.0 Å². The fourth-order valence-electron chi connectivity index (χ4n) is 8.41. The number of allylic oxidation sites excluding steroid dienone is 1. The summed E-state index contributed by atoms with van der Waals surface area (Å²) in [6.45, 7) is 20.0. The number of amides is 1. The highest BCUT2D eigenvalue weighted by atomic mass is 16.5. The van der Waals surface area contributed by atoms with Crippen molar-refractivity contribution in [3.8, 4) is 5.75 Å². The molecule has 0 aliphatic heterocycles. The van der Waals surface area contributed by atoms with Crippen LogP contribution in [-0.4, -0.2) is 51.0 Å². The van der Waals surface area contributed by atoms with Crippen LogP contribution < -0.4 is 5.32 Å². The molecule has 6 atom stereocenters. The van der Waals surface area contributed by atoms with E-state index in [1.807, 2.05) is 55.4 Å². The first-order valence-electron chi connectivity index (χ1n) is 14.9. The molecular weight excluding hydrogens is 550 g/mol. The number of hydrogen-bond acceptors (Lipinski definition) is 8. The maximum absolute atomic E-state index is 14.7. The van der Waals surface area contributed by atoms with Crippen molar-refractivity contribution in [1.82, 2.24) is 0 Å². The molecule has 1 fully saturated rings. The monoisotopic (exact) mass is 595 g/mol. The van der Waals surface area contributed by atoms with Gasteiger partial charge >= 0.3 is 6.09 Å². The zero-order chi connectivity index (χ0) is 32.8. The van der Waals surface area contributed by atoms with Crippen LogP contribution in [0.15, 0.2) is 28.9 Å². The summed E-state index contributed by atoms with van der Waals surface area (Å²) in [5.74, 6) is -5.19. The molecule has 0 spiro atoms. The van der Waals surface area contributed by atoms with Gasteiger partial charge in [0, 0.05) is 16.4 Å². The number of carbonyl (C=O) groups is 4. The molecular formula is C34H45NO8. The molecule has 0 unspecified atom stereocenters. The second kappa shape index (κ2) is 10.0. The van der Waals surface area contributed by atoms with Gasteiger partial charge in [-0.1, -0.05) is 74.0 Å². The van der Waals surface area contributed by atoms with Crippen LogP contribution in [0.3, 0.4) is 0 Å². The fraction of sp³-hybridized carbons (Fsp3) is 0.588. The van der Waals surface area contributed by atoms with Crippen LogP contribution in [0.4, 0.5) is 10.5 Å². The number of phenols is 1. The standard InChI is InChI=1S/C34H45NO8/c1-15(2)24-16(3)22(18(5)36)28(39)34(42)29(40)25-27(38)23-20(17(4)32(25,10)19(6)33(24,34)11)12-13-21(26(23)37)35-30(41)43-14-31(7,8)9/h12-13,15,17,19,24,37-38,42H,14H2,1-11H3,(H,35,41)/t17-,19-,24+,32-,33-,34+/m0/s1. The Morgan fingerprint density at radius 3 is 2.16 bits per heavy atom. The van der Waals surface area contributed by atoms with Crippen LogP contribution in [0.2, 0.25) is 0 Å². The molecule has 234 valence electrons. The van der Waals surface area contributed by atoms with Gasteiger partial charge in [0.1, 0.15) is 11.5 Å². The van der Waals surface area contributed by atoms with Crippen LogP contribution in [0.5, 0.6) is 5.75 Å². The molecule has 1 saturated carbocycles. The van der Waals surface area contributed by atoms with E-state index < -0.39 is 69.1 Å². The summed E-state index contributed by atoms with van der Waals surface area (Å²) in [6, 6.07) is 3.20. The number of phenolic OH excluding ortho intramolecular Hbond substituents is 1. The number of ether oxygens (including phenoxy) is 1. The van der Waals surface area contributed by atoms with Gasteiger partial charge in [0.05, 0.1) is 23.4 Å². The Hall–Kier alpha value is -3.46. The smallest absolute Gasteiger partial charge is 0.411 e. The Kier molecular flexibility index (Phi) is 7.58. The number of rotatable bonds is 4. The van der Waals surface area contributed by atoms with Gasteiger partial charge in [0.25, 0.3) is 0 Å². The van der Waals surface area contributed by atoms with Crippen LogP contribution in [0.1, 0.15) is 93.2 Å². The number of aromatic hydroxyl groups is 1. The van der Waals surface area contributed by atoms with E-state index in [9.17, 15) is 34.5 Å². The average Bonchev–Trinajstić information content (AvgIpc) is 2.88. The summed E-state index contributed by atoms with van der Waals surface area (Å²) >= 11 is 0. The third kappa shape index (κ3) is 4.21. The number of Topliss-reactive ketones (excluding diaryl/α,β-unsaturated/α-hetero) is 3. The summed E-state index contributed by atoms with van der Waals surface area (Å²) in [4.78, 5) is 54.0. The van der Waals surface area contributed by atoms with Gasteiger partial charge in [0.2, 0.25) is 11.6 Å². The van der Waals surface area contributed by atoms with Crippen molar-refractivity contribution in [3.63, 3.8) is 0 Å². The van der Waals surface area contributed by atoms with Crippen molar-refractivity contribution in [2.75, 3.05) is 11.9 Å². The number of hydrogen-bond donors (Lipinski definition) is 4. The van der Waals surface area contributed by atoms with E-state index in [0.717, 1.165) is 0 Å². The lowest BCUT2D eigenvalue weighted by molar-refractivity contribution is -0.194. The Balaban J connectivity index is 1.96. The highest BCUT2D eigenvalue weighted by Gasteiger charge is 2.75. The Labute approximate surface area is 253 Å². The van der Waals surface area contributed by atoms with Crippen molar-refractivity contribution in [3.05, 3.63) is 40.0 Å². The summed E-state index contributed by atoms with van der Waals surface area (Å²) in [5, 5.41) is 38.1. The molecule has 9 heteroatoms. The summed E-state index contributed by atoms with van der Waals surface area (Å²) < 4.78 is 5.26. The number of benzene rings is 1. The predicted molar refractivity (Wildman–Crippen MR) is 163 cm³/mol. The predicted octanol–water partition coefficient (Wildman–Crippen LogP) is 6.10. The molecule has 4 rings (SSSR count). The first kappa shape index (κ1) is 32.5. The number of ketones is 3. The minimum absolute atomic E-state index is 0.0356. The average molecular weight is 596 g/mol. The third-order valence-electron chi connectivity index (χ3n) is 10.7. The van der Waals surface area contributed by atoms with E-state index in [-0.39, 0.29) is 40.3 Å². The van der Waals surface area contributed by atoms with E-state index in [1.54, 1.807) is 19.9 Å². The molecule has 0 bridgehead atoms. The van der Waals surface area contributed by atoms with Crippen molar-refractivity contribution >= 4 is 34.9 Å². The molecule has 1 aromatic rings. The SMILES string of the molecule is CC(=O)C1=C(C)[C@@H](C(C)C)[C@]2(C)[C@@H](C)[C@@]3(C)C(=C(O)c4c(ccc(NC(=O)OCC(C)(C)C)c4O)[C@@H]3C)C(=O)[C@]2(O)C1=O. The number of anilines is 1. The highest BCUT2D eigenvalue weighted by Crippen LogP contribution is 2.70. The number of fused-ring (bicyclic) bond motifs is 3. The highest BCUT2D eigenvalue weighted by molar-refractivity contribution is 6.33. The third-order valence-corrected chi connectivity index (χ3v) is 10.7. The van der Waals surface area contributed by atoms with E-state index in [4.69, 9.17) is 4.74 Å². The maximum atomic E-state index is 14.7. The van der Waals surface area contributed by atoms with Crippen LogP contribution in [0, 0.1) is 34.0 Å². The first-order chi connectivity index (χ1) is 19.6. The molecule has 4 N–H and O–H groups in total. The largest absolute Gasteiger partial charge is 0.507 e. The number of aliphatic hydroxyl groups is 2. The molecule has 3 aliphatic rings. The Morgan fingerprint density at radius 1 is 1.07 bits per heavy atom. The van der Waals surface area contributed by atoms with E-state index >= 15 is 0 Å². The van der Waals surface area contributed by atoms with Gasteiger partial charge in [0.15, 0.2) is 11.4 Å². The van der Waals surface area contributed by atoms with Crippen LogP contribution in [0.25, 0.3) is 5.76 Å². The first-order valence-corrected chi connectivity index (χ1v) is 14.9. The molecule has 0 saturated heterocycles. The van der Waals surface area contributed by atoms with Gasteiger partial charge in [-0.15, -0.1) is 0 Å². The van der Waals surface area contributed by atoms with Gasteiger partial charge < -0.3 is 20.1 Å². The molecule has 1 amide bonds. The zero-order valence-electron chi connectivity index (χ0n) is 27.1. The van der Waals surface area contributed by atoms with Crippen LogP contribution >= 0.6 is 0 Å². The summed E-state index contributed by atoms with van der Waals surface area (Å²) in [5.41, 5.74) is -4.70. The maximum Gasteiger partial charge on any atom is 0.411 e. The quantitative estimate of drug-likeness (QED) is 0.185.